The fourth-order valence-corrected chi connectivity index (χ4v) is 2.64. The lowest BCUT2D eigenvalue weighted by Crippen LogP contribution is -2.32. The molecule has 108 valence electrons. The number of aliphatic hydroxyl groups is 1. The number of hydrogen-bond acceptors (Lipinski definition) is 7. The molecule has 1 aliphatic heterocycles. The van der Waals surface area contributed by atoms with E-state index in [0.29, 0.717) is 11.2 Å². The van der Waals surface area contributed by atoms with Crippen LogP contribution in [0.4, 0.5) is 11.8 Å². The molecule has 0 radical (unpaired) electrons. The topological polar surface area (TPSA) is 125 Å². The minimum atomic E-state index is -0.481. The Labute approximate surface area is 115 Å². The molecular weight excluding hydrogens is 260 g/mol. The van der Waals surface area contributed by atoms with Crippen molar-refractivity contribution in [2.75, 3.05) is 18.1 Å². The number of nitrogens with two attached hydrogens (primary N) is 2. The Morgan fingerprint density at radius 2 is 2.30 bits per heavy atom. The van der Waals surface area contributed by atoms with Crippen LogP contribution in [0.15, 0.2) is 6.33 Å². The van der Waals surface area contributed by atoms with Crippen LogP contribution in [-0.4, -0.2) is 36.8 Å². The van der Waals surface area contributed by atoms with Crippen LogP contribution in [0.25, 0.3) is 11.2 Å². The molecule has 3 rings (SSSR count). The van der Waals surface area contributed by atoms with Gasteiger partial charge in [-0.05, 0) is 19.3 Å². The van der Waals surface area contributed by atoms with Crippen molar-refractivity contribution < 1.29 is 9.84 Å². The van der Waals surface area contributed by atoms with Crippen molar-refractivity contribution in [1.29, 1.82) is 0 Å². The van der Waals surface area contributed by atoms with Gasteiger partial charge in [0.2, 0.25) is 5.95 Å². The molecule has 0 amide bonds. The molecule has 8 heteroatoms. The van der Waals surface area contributed by atoms with Crippen molar-refractivity contribution in [3.63, 3.8) is 0 Å². The van der Waals surface area contributed by atoms with Crippen molar-refractivity contribution in [2.45, 2.75) is 38.0 Å². The molecular formula is C12H18N6O2. The maximum absolute atomic E-state index is 9.52. The van der Waals surface area contributed by atoms with Gasteiger partial charge in [-0.1, -0.05) is 6.92 Å². The number of aromatic nitrogens is 4. The molecule has 3 heterocycles. The second kappa shape index (κ2) is 4.57. The summed E-state index contributed by atoms with van der Waals surface area (Å²) in [6.07, 6.45) is 3.74. The van der Waals surface area contributed by atoms with Gasteiger partial charge in [0.1, 0.15) is 11.7 Å². The van der Waals surface area contributed by atoms with Gasteiger partial charge in [-0.15, -0.1) is 0 Å². The number of anilines is 2. The highest BCUT2D eigenvalue weighted by Crippen LogP contribution is 2.39. The fraction of sp³-hybridized carbons (Fsp3) is 0.583. The Bertz CT molecular complexity index is 636. The number of ether oxygens (including phenoxy) is 1. The average molecular weight is 278 g/mol. The highest BCUT2D eigenvalue weighted by molar-refractivity contribution is 5.82. The second-order valence-corrected chi connectivity index (χ2v) is 5.10. The van der Waals surface area contributed by atoms with Crippen LogP contribution >= 0.6 is 0 Å². The molecule has 0 bridgehead atoms. The van der Waals surface area contributed by atoms with Crippen molar-refractivity contribution >= 4 is 22.9 Å². The first-order valence-electron chi connectivity index (χ1n) is 6.63. The van der Waals surface area contributed by atoms with E-state index in [-0.39, 0.29) is 24.6 Å². The average Bonchev–Trinajstić information content (AvgIpc) is 3.02. The first-order chi connectivity index (χ1) is 9.58. The summed E-state index contributed by atoms with van der Waals surface area (Å²) in [6.45, 7) is 2.01. The minimum absolute atomic E-state index is 0.00584. The number of fused-ring (bicyclic) bond motifs is 1. The Kier molecular flexibility index (Phi) is 2.98. The number of nitrogen functional groups attached to an aromatic ring is 2. The molecule has 8 nitrogen and oxygen atoms in total. The number of nitrogens with zero attached hydrogens (tertiary/aromatic N) is 4. The zero-order valence-electron chi connectivity index (χ0n) is 11.3. The minimum Gasteiger partial charge on any atom is -0.393 e. The van der Waals surface area contributed by atoms with Crippen LogP contribution in [0.5, 0.6) is 0 Å². The molecule has 1 fully saturated rings. The third kappa shape index (κ3) is 1.88. The van der Waals surface area contributed by atoms with Crippen molar-refractivity contribution in [3.05, 3.63) is 6.33 Å². The maximum Gasteiger partial charge on any atom is 0.224 e. The largest absolute Gasteiger partial charge is 0.393 e. The smallest absolute Gasteiger partial charge is 0.224 e. The quantitative estimate of drug-likeness (QED) is 0.743. The lowest BCUT2D eigenvalue weighted by Gasteiger charge is -2.25. The van der Waals surface area contributed by atoms with Gasteiger partial charge in [0.25, 0.3) is 0 Å². The number of rotatable bonds is 3. The van der Waals surface area contributed by atoms with Crippen molar-refractivity contribution in [2.24, 2.45) is 0 Å². The van der Waals surface area contributed by atoms with Crippen LogP contribution < -0.4 is 11.5 Å². The van der Waals surface area contributed by atoms with Crippen LogP contribution in [0, 0.1) is 0 Å². The van der Waals surface area contributed by atoms with Crippen LogP contribution in [0.3, 0.4) is 0 Å². The zero-order chi connectivity index (χ0) is 14.3. The summed E-state index contributed by atoms with van der Waals surface area (Å²) in [5.41, 5.74) is 12.0. The van der Waals surface area contributed by atoms with Gasteiger partial charge in [-0.3, -0.25) is 4.57 Å². The predicted molar refractivity (Wildman–Crippen MR) is 73.6 cm³/mol. The SMILES string of the molecule is CC[C@@]1(CO)CC[C@H](n2cnc3c(N)nc(N)nc32)O1. The lowest BCUT2D eigenvalue weighted by atomic mass is 9.98. The number of hydrogen-bond donors (Lipinski definition) is 3. The third-order valence-electron chi connectivity index (χ3n) is 3.94. The monoisotopic (exact) mass is 278 g/mol. The highest BCUT2D eigenvalue weighted by atomic mass is 16.5. The molecule has 0 aromatic carbocycles. The summed E-state index contributed by atoms with van der Waals surface area (Å²) in [4.78, 5) is 12.3. The molecule has 0 aliphatic carbocycles. The molecule has 2 atom stereocenters. The van der Waals surface area contributed by atoms with Gasteiger partial charge < -0.3 is 21.3 Å². The van der Waals surface area contributed by atoms with Gasteiger partial charge in [0, 0.05) is 0 Å². The Morgan fingerprint density at radius 1 is 1.50 bits per heavy atom. The lowest BCUT2D eigenvalue weighted by molar-refractivity contribution is -0.0984. The molecule has 2 aromatic rings. The van der Waals surface area contributed by atoms with Gasteiger partial charge in [0.05, 0.1) is 18.5 Å². The molecule has 1 aliphatic rings. The van der Waals surface area contributed by atoms with E-state index in [9.17, 15) is 5.11 Å². The van der Waals surface area contributed by atoms with Gasteiger partial charge in [-0.2, -0.15) is 9.97 Å². The summed E-state index contributed by atoms with van der Waals surface area (Å²) in [7, 11) is 0. The van der Waals surface area contributed by atoms with E-state index in [2.05, 4.69) is 15.0 Å². The van der Waals surface area contributed by atoms with Gasteiger partial charge >= 0.3 is 0 Å². The summed E-state index contributed by atoms with van der Waals surface area (Å²) in [5.74, 6) is 0.367. The van der Waals surface area contributed by atoms with E-state index >= 15 is 0 Å². The van der Waals surface area contributed by atoms with Gasteiger partial charge in [-0.25, -0.2) is 4.98 Å². The molecule has 5 N–H and O–H groups in total. The maximum atomic E-state index is 9.52. The van der Waals surface area contributed by atoms with Crippen molar-refractivity contribution in [1.82, 2.24) is 19.5 Å². The zero-order valence-corrected chi connectivity index (χ0v) is 11.3. The van der Waals surface area contributed by atoms with E-state index in [1.807, 2.05) is 6.92 Å². The molecule has 2 aromatic heterocycles. The summed E-state index contributed by atoms with van der Waals surface area (Å²) in [6, 6.07) is 0. The number of imidazole rings is 1. The van der Waals surface area contributed by atoms with Crippen LogP contribution in [0.2, 0.25) is 0 Å². The van der Waals surface area contributed by atoms with Crippen molar-refractivity contribution in [3.8, 4) is 0 Å². The van der Waals surface area contributed by atoms with Crippen LogP contribution in [-0.2, 0) is 4.74 Å². The first-order valence-corrected chi connectivity index (χ1v) is 6.63. The molecule has 0 spiro atoms. The third-order valence-corrected chi connectivity index (χ3v) is 3.94. The Morgan fingerprint density at radius 3 is 2.95 bits per heavy atom. The van der Waals surface area contributed by atoms with E-state index in [1.165, 1.54) is 0 Å². The normalized spacial score (nSPS) is 26.4. The standard InChI is InChI=1S/C12H18N6O2/c1-2-12(5-19)4-3-7(20-12)18-6-15-8-9(13)16-11(14)17-10(8)18/h6-7,19H,2-5H2,1H3,(H4,13,14,16,17)/t7-,12+/m1/s1. The first kappa shape index (κ1) is 13.1. The van der Waals surface area contributed by atoms with E-state index in [0.717, 1.165) is 19.3 Å². The van der Waals surface area contributed by atoms with E-state index in [1.54, 1.807) is 10.9 Å². The van der Waals surface area contributed by atoms with Crippen LogP contribution in [0.1, 0.15) is 32.4 Å². The summed E-state index contributed by atoms with van der Waals surface area (Å²) >= 11 is 0. The van der Waals surface area contributed by atoms with E-state index in [4.69, 9.17) is 16.2 Å². The number of aliphatic hydroxyl groups excluding tert-OH is 1. The highest BCUT2D eigenvalue weighted by Gasteiger charge is 2.39. The second-order valence-electron chi connectivity index (χ2n) is 5.10. The predicted octanol–water partition coefficient (Wildman–Crippen LogP) is 0.441. The Hall–Kier alpha value is -1.93. The summed E-state index contributed by atoms with van der Waals surface area (Å²) < 4.78 is 7.81. The molecule has 1 saturated heterocycles. The van der Waals surface area contributed by atoms with Gasteiger partial charge in [0.15, 0.2) is 11.5 Å². The molecule has 20 heavy (non-hydrogen) atoms. The Balaban J connectivity index is 2.00. The fourth-order valence-electron chi connectivity index (χ4n) is 2.64. The van der Waals surface area contributed by atoms with E-state index < -0.39 is 5.60 Å². The molecule has 0 unspecified atom stereocenters. The molecule has 0 saturated carbocycles. The summed E-state index contributed by atoms with van der Waals surface area (Å²) in [5, 5.41) is 9.52.